The molecule has 0 rings (SSSR count). The summed E-state index contributed by atoms with van der Waals surface area (Å²) in [7, 11) is 1.29. The maximum absolute atomic E-state index is 12.1. The number of ether oxygens (including phenoxy) is 1. The molecule has 3 N–H and O–H groups in total. The summed E-state index contributed by atoms with van der Waals surface area (Å²) in [6, 6.07) is 0. The van der Waals surface area contributed by atoms with E-state index in [-0.39, 0.29) is 5.91 Å². The number of hydrogen-bond donors (Lipinski definition) is 2. The lowest BCUT2D eigenvalue weighted by molar-refractivity contribution is -0.151. The predicted octanol–water partition coefficient (Wildman–Crippen LogP) is 0.818. The van der Waals surface area contributed by atoms with Crippen LogP contribution in [0.25, 0.3) is 0 Å². The SMILES string of the molecule is COC(=O)C(C)(C)NC(=O)C(C)(C)C(C)(C)N. The predicted molar refractivity (Wildman–Crippen MR) is 66.3 cm³/mol. The van der Waals surface area contributed by atoms with Gasteiger partial charge in [0.15, 0.2) is 0 Å². The van der Waals surface area contributed by atoms with Crippen molar-refractivity contribution in [3.63, 3.8) is 0 Å². The van der Waals surface area contributed by atoms with E-state index >= 15 is 0 Å². The second kappa shape index (κ2) is 4.64. The first kappa shape index (κ1) is 15.9. The molecule has 5 heteroatoms. The summed E-state index contributed by atoms with van der Waals surface area (Å²) in [6.45, 7) is 10.2. The van der Waals surface area contributed by atoms with E-state index in [9.17, 15) is 9.59 Å². The average molecular weight is 244 g/mol. The Morgan fingerprint density at radius 1 is 1.06 bits per heavy atom. The molecule has 0 aromatic rings. The Labute approximate surface area is 103 Å². The molecule has 0 radical (unpaired) electrons. The van der Waals surface area contributed by atoms with Gasteiger partial charge in [-0.15, -0.1) is 0 Å². The quantitative estimate of drug-likeness (QED) is 0.717. The molecule has 0 aliphatic rings. The molecule has 0 aromatic carbocycles. The van der Waals surface area contributed by atoms with Crippen molar-refractivity contribution in [2.24, 2.45) is 11.1 Å². The van der Waals surface area contributed by atoms with E-state index in [4.69, 9.17) is 5.73 Å². The Kier molecular flexibility index (Phi) is 4.34. The third-order valence-electron chi connectivity index (χ3n) is 3.30. The molecule has 0 aliphatic heterocycles. The second-order valence-electron chi connectivity index (χ2n) is 5.92. The fourth-order valence-electron chi connectivity index (χ4n) is 1.04. The zero-order valence-electron chi connectivity index (χ0n) is 11.8. The van der Waals surface area contributed by atoms with Crippen molar-refractivity contribution in [2.45, 2.75) is 52.6 Å². The number of rotatable bonds is 4. The summed E-state index contributed by atoms with van der Waals surface area (Å²) in [6.07, 6.45) is 0. The van der Waals surface area contributed by atoms with Crippen LogP contribution in [-0.4, -0.2) is 30.1 Å². The van der Waals surface area contributed by atoms with E-state index < -0.39 is 22.5 Å². The van der Waals surface area contributed by atoms with Crippen LogP contribution in [0, 0.1) is 5.41 Å². The molecule has 0 spiro atoms. The molecule has 0 aliphatic carbocycles. The summed E-state index contributed by atoms with van der Waals surface area (Å²) >= 11 is 0. The first-order chi connectivity index (χ1) is 7.36. The van der Waals surface area contributed by atoms with Crippen LogP contribution >= 0.6 is 0 Å². The first-order valence-electron chi connectivity index (χ1n) is 5.56. The summed E-state index contributed by atoms with van der Waals surface area (Å²) < 4.78 is 4.63. The Hall–Kier alpha value is -1.10. The standard InChI is InChI=1S/C12H24N2O3/c1-10(2,12(5,6)13)8(15)14-11(3,4)9(16)17-7/h13H2,1-7H3,(H,14,15). The lowest BCUT2D eigenvalue weighted by Crippen LogP contribution is -2.60. The molecule has 0 aromatic heterocycles. The van der Waals surface area contributed by atoms with E-state index in [1.165, 1.54) is 7.11 Å². The molecule has 0 unspecified atom stereocenters. The topological polar surface area (TPSA) is 81.4 Å². The molecule has 0 atom stereocenters. The summed E-state index contributed by atoms with van der Waals surface area (Å²) in [5.74, 6) is -0.767. The fourth-order valence-corrected chi connectivity index (χ4v) is 1.04. The minimum atomic E-state index is -1.06. The van der Waals surface area contributed by atoms with Gasteiger partial charge < -0.3 is 15.8 Å². The van der Waals surface area contributed by atoms with E-state index in [2.05, 4.69) is 10.1 Å². The molecule has 17 heavy (non-hydrogen) atoms. The number of nitrogens with one attached hydrogen (secondary N) is 1. The average Bonchev–Trinajstić information content (AvgIpc) is 2.13. The molecule has 0 fully saturated rings. The number of hydrogen-bond acceptors (Lipinski definition) is 4. The minimum Gasteiger partial charge on any atom is -0.467 e. The van der Waals surface area contributed by atoms with E-state index in [0.29, 0.717) is 0 Å². The number of esters is 1. The third kappa shape index (κ3) is 3.43. The zero-order valence-corrected chi connectivity index (χ0v) is 11.8. The van der Waals surface area contributed by atoms with Gasteiger partial charge in [-0.1, -0.05) is 0 Å². The summed E-state index contributed by atoms with van der Waals surface area (Å²) in [4.78, 5) is 23.6. The van der Waals surface area contributed by atoms with Crippen LogP contribution < -0.4 is 11.1 Å². The molecule has 5 nitrogen and oxygen atoms in total. The van der Waals surface area contributed by atoms with Crippen LogP contribution in [0.5, 0.6) is 0 Å². The van der Waals surface area contributed by atoms with Crippen molar-refractivity contribution >= 4 is 11.9 Å². The minimum absolute atomic E-state index is 0.277. The summed E-state index contributed by atoms with van der Waals surface area (Å²) in [5, 5.41) is 2.66. The van der Waals surface area contributed by atoms with Gasteiger partial charge in [0.2, 0.25) is 5.91 Å². The van der Waals surface area contributed by atoms with Crippen LogP contribution in [-0.2, 0) is 14.3 Å². The lowest BCUT2D eigenvalue weighted by Gasteiger charge is -2.39. The van der Waals surface area contributed by atoms with Gasteiger partial charge in [-0.25, -0.2) is 4.79 Å². The highest BCUT2D eigenvalue weighted by Gasteiger charge is 2.43. The van der Waals surface area contributed by atoms with Crippen molar-refractivity contribution in [1.29, 1.82) is 0 Å². The molecule has 0 saturated heterocycles. The molecule has 0 saturated carbocycles. The van der Waals surface area contributed by atoms with Gasteiger partial charge in [-0.3, -0.25) is 4.79 Å². The van der Waals surface area contributed by atoms with Crippen molar-refractivity contribution < 1.29 is 14.3 Å². The molecule has 0 bridgehead atoms. The van der Waals surface area contributed by atoms with Crippen molar-refractivity contribution in [3.05, 3.63) is 0 Å². The first-order valence-corrected chi connectivity index (χ1v) is 5.56. The van der Waals surface area contributed by atoms with E-state index in [1.54, 1.807) is 41.5 Å². The van der Waals surface area contributed by atoms with Crippen molar-refractivity contribution in [3.8, 4) is 0 Å². The molecular weight excluding hydrogens is 220 g/mol. The fraction of sp³-hybridized carbons (Fsp3) is 0.833. The Morgan fingerprint density at radius 2 is 1.47 bits per heavy atom. The monoisotopic (exact) mass is 244 g/mol. The highest BCUT2D eigenvalue weighted by Crippen LogP contribution is 2.29. The van der Waals surface area contributed by atoms with Crippen LogP contribution in [0.3, 0.4) is 0 Å². The maximum Gasteiger partial charge on any atom is 0.330 e. The Balaban J connectivity index is 4.95. The maximum atomic E-state index is 12.1. The number of carbonyl (C=O) groups is 2. The van der Waals surface area contributed by atoms with Crippen LogP contribution in [0.1, 0.15) is 41.5 Å². The normalized spacial score (nSPS) is 13.2. The van der Waals surface area contributed by atoms with Gasteiger partial charge in [0.05, 0.1) is 12.5 Å². The van der Waals surface area contributed by atoms with Crippen molar-refractivity contribution in [2.75, 3.05) is 7.11 Å². The highest BCUT2D eigenvalue weighted by molar-refractivity contribution is 5.90. The number of carbonyl (C=O) groups excluding carboxylic acids is 2. The lowest BCUT2D eigenvalue weighted by atomic mass is 9.74. The Morgan fingerprint density at radius 3 is 1.76 bits per heavy atom. The van der Waals surface area contributed by atoms with Gasteiger partial charge >= 0.3 is 5.97 Å². The third-order valence-corrected chi connectivity index (χ3v) is 3.30. The van der Waals surface area contributed by atoms with E-state index in [1.807, 2.05) is 0 Å². The Bertz CT molecular complexity index is 314. The number of amides is 1. The van der Waals surface area contributed by atoms with Crippen LogP contribution in [0.2, 0.25) is 0 Å². The van der Waals surface area contributed by atoms with Gasteiger partial charge in [0.25, 0.3) is 0 Å². The zero-order chi connectivity index (χ0) is 14.1. The van der Waals surface area contributed by atoms with E-state index in [0.717, 1.165) is 0 Å². The summed E-state index contributed by atoms with van der Waals surface area (Å²) in [5.41, 5.74) is 3.42. The van der Waals surface area contributed by atoms with Crippen LogP contribution in [0.4, 0.5) is 0 Å². The second-order valence-corrected chi connectivity index (χ2v) is 5.92. The molecular formula is C12H24N2O3. The smallest absolute Gasteiger partial charge is 0.330 e. The van der Waals surface area contributed by atoms with Gasteiger partial charge in [0, 0.05) is 5.54 Å². The number of nitrogens with two attached hydrogens (primary N) is 1. The molecule has 100 valence electrons. The highest BCUT2D eigenvalue weighted by atomic mass is 16.5. The van der Waals surface area contributed by atoms with Crippen LogP contribution in [0.15, 0.2) is 0 Å². The molecule has 1 amide bonds. The van der Waals surface area contributed by atoms with Gasteiger partial charge in [-0.05, 0) is 41.5 Å². The van der Waals surface area contributed by atoms with Gasteiger partial charge in [0.1, 0.15) is 5.54 Å². The van der Waals surface area contributed by atoms with Gasteiger partial charge in [-0.2, -0.15) is 0 Å². The van der Waals surface area contributed by atoms with Crippen molar-refractivity contribution in [1.82, 2.24) is 5.32 Å². The largest absolute Gasteiger partial charge is 0.467 e. The molecule has 0 heterocycles. The number of methoxy groups -OCH3 is 1.